The van der Waals surface area contributed by atoms with E-state index in [1.807, 2.05) is 13.8 Å². The molecular formula is C13H21N3O3. The Morgan fingerprint density at radius 2 is 2.11 bits per heavy atom. The highest BCUT2D eigenvalue weighted by Crippen LogP contribution is 2.23. The van der Waals surface area contributed by atoms with Crippen LogP contribution in [-0.2, 0) is 0 Å². The van der Waals surface area contributed by atoms with Crippen LogP contribution in [-0.4, -0.2) is 27.7 Å². The van der Waals surface area contributed by atoms with Crippen molar-refractivity contribution in [3.63, 3.8) is 0 Å². The first-order valence-corrected chi connectivity index (χ1v) is 6.52. The number of nitrogens with one attached hydrogen (secondary N) is 1. The monoisotopic (exact) mass is 267 g/mol. The molecule has 2 N–H and O–H groups in total. The van der Waals surface area contributed by atoms with Crippen molar-refractivity contribution >= 4 is 11.5 Å². The van der Waals surface area contributed by atoms with Gasteiger partial charge in [0, 0.05) is 18.8 Å². The van der Waals surface area contributed by atoms with Crippen molar-refractivity contribution in [1.29, 1.82) is 0 Å². The highest BCUT2D eigenvalue weighted by molar-refractivity contribution is 5.56. The summed E-state index contributed by atoms with van der Waals surface area (Å²) in [5.41, 5.74) is 0.675. The van der Waals surface area contributed by atoms with Crippen molar-refractivity contribution in [1.82, 2.24) is 4.98 Å². The third-order valence-corrected chi connectivity index (χ3v) is 3.27. The van der Waals surface area contributed by atoms with Crippen molar-refractivity contribution in [3.8, 4) is 0 Å². The van der Waals surface area contributed by atoms with E-state index in [9.17, 15) is 15.2 Å². The maximum atomic E-state index is 10.9. The molecule has 0 saturated heterocycles. The number of aromatic nitrogens is 1. The van der Waals surface area contributed by atoms with E-state index in [2.05, 4.69) is 10.3 Å². The number of aliphatic hydroxyl groups is 1. The highest BCUT2D eigenvalue weighted by Gasteiger charge is 2.19. The zero-order chi connectivity index (χ0) is 14.4. The smallest absolute Gasteiger partial charge is 0.311 e. The Balaban J connectivity index is 2.75. The SMILES string of the molecule is CCC(CC)C(O)CNc1ncc(C)cc1[N+](=O)[O-]. The minimum Gasteiger partial charge on any atom is -0.391 e. The lowest BCUT2D eigenvalue weighted by atomic mass is 9.96. The van der Waals surface area contributed by atoms with Crippen molar-refractivity contribution in [2.24, 2.45) is 5.92 Å². The Bertz CT molecular complexity index is 433. The van der Waals surface area contributed by atoms with Gasteiger partial charge >= 0.3 is 5.69 Å². The molecule has 0 aliphatic rings. The Morgan fingerprint density at radius 1 is 1.47 bits per heavy atom. The van der Waals surface area contributed by atoms with Gasteiger partial charge in [-0.1, -0.05) is 26.7 Å². The second kappa shape index (κ2) is 7.04. The topological polar surface area (TPSA) is 88.3 Å². The molecule has 0 fully saturated rings. The van der Waals surface area contributed by atoms with E-state index in [0.717, 1.165) is 18.4 Å². The van der Waals surface area contributed by atoms with Gasteiger partial charge in [-0.15, -0.1) is 0 Å². The van der Waals surface area contributed by atoms with Gasteiger partial charge in [0.1, 0.15) is 0 Å². The van der Waals surface area contributed by atoms with E-state index in [1.165, 1.54) is 6.07 Å². The molecule has 19 heavy (non-hydrogen) atoms. The van der Waals surface area contributed by atoms with Gasteiger partial charge < -0.3 is 10.4 Å². The summed E-state index contributed by atoms with van der Waals surface area (Å²) in [5, 5.41) is 23.8. The number of nitro groups is 1. The van der Waals surface area contributed by atoms with Crippen LogP contribution in [0.4, 0.5) is 11.5 Å². The molecule has 0 saturated carbocycles. The Labute approximate surface area is 113 Å². The number of aryl methyl sites for hydroxylation is 1. The Morgan fingerprint density at radius 3 is 2.63 bits per heavy atom. The largest absolute Gasteiger partial charge is 0.391 e. The van der Waals surface area contributed by atoms with Crippen LogP contribution in [0.2, 0.25) is 0 Å². The van der Waals surface area contributed by atoms with Crippen LogP contribution in [0.15, 0.2) is 12.3 Å². The zero-order valence-electron chi connectivity index (χ0n) is 11.6. The van der Waals surface area contributed by atoms with Crippen LogP contribution in [0, 0.1) is 23.0 Å². The molecule has 0 aliphatic carbocycles. The normalized spacial score (nSPS) is 12.5. The molecule has 0 amide bonds. The number of nitrogens with zero attached hydrogens (tertiary/aromatic N) is 2. The van der Waals surface area contributed by atoms with Gasteiger partial charge in [0.25, 0.3) is 0 Å². The molecule has 1 atom stereocenters. The second-order valence-electron chi connectivity index (χ2n) is 4.66. The molecule has 0 aromatic carbocycles. The minimum atomic E-state index is -0.530. The van der Waals surface area contributed by atoms with E-state index in [-0.39, 0.29) is 24.0 Å². The van der Waals surface area contributed by atoms with Crippen molar-refractivity contribution in [2.75, 3.05) is 11.9 Å². The van der Waals surface area contributed by atoms with Crippen molar-refractivity contribution in [2.45, 2.75) is 39.7 Å². The predicted molar refractivity (Wildman–Crippen MR) is 74.2 cm³/mol. The van der Waals surface area contributed by atoms with E-state index in [1.54, 1.807) is 13.1 Å². The first kappa shape index (κ1) is 15.4. The van der Waals surface area contributed by atoms with E-state index in [0.29, 0.717) is 0 Å². The summed E-state index contributed by atoms with van der Waals surface area (Å²) < 4.78 is 0. The van der Waals surface area contributed by atoms with Gasteiger partial charge in [0.05, 0.1) is 11.0 Å². The molecule has 0 radical (unpaired) electrons. The summed E-state index contributed by atoms with van der Waals surface area (Å²) >= 11 is 0. The highest BCUT2D eigenvalue weighted by atomic mass is 16.6. The number of rotatable bonds is 7. The van der Waals surface area contributed by atoms with Gasteiger partial charge in [0.15, 0.2) is 0 Å². The molecule has 1 heterocycles. The van der Waals surface area contributed by atoms with Crippen LogP contribution in [0.1, 0.15) is 32.3 Å². The summed E-state index contributed by atoms with van der Waals surface area (Å²) in [6.45, 7) is 6.06. The fraction of sp³-hybridized carbons (Fsp3) is 0.615. The first-order chi connectivity index (χ1) is 8.99. The first-order valence-electron chi connectivity index (χ1n) is 6.52. The van der Waals surface area contributed by atoms with Crippen LogP contribution >= 0.6 is 0 Å². The third-order valence-electron chi connectivity index (χ3n) is 3.27. The maximum Gasteiger partial charge on any atom is 0.311 e. The number of aliphatic hydroxyl groups excluding tert-OH is 1. The van der Waals surface area contributed by atoms with Crippen LogP contribution in [0.5, 0.6) is 0 Å². The quantitative estimate of drug-likeness (QED) is 0.585. The van der Waals surface area contributed by atoms with Crippen LogP contribution in [0.25, 0.3) is 0 Å². The lowest BCUT2D eigenvalue weighted by Gasteiger charge is -2.20. The summed E-state index contributed by atoms with van der Waals surface area (Å²) in [4.78, 5) is 14.5. The van der Waals surface area contributed by atoms with E-state index < -0.39 is 11.0 Å². The molecule has 1 unspecified atom stereocenters. The zero-order valence-corrected chi connectivity index (χ0v) is 11.6. The molecule has 1 rings (SSSR count). The van der Waals surface area contributed by atoms with Crippen LogP contribution in [0.3, 0.4) is 0 Å². The molecule has 106 valence electrons. The minimum absolute atomic E-state index is 0.0586. The Hall–Kier alpha value is -1.69. The molecule has 1 aromatic heterocycles. The lowest BCUT2D eigenvalue weighted by molar-refractivity contribution is -0.384. The number of pyridine rings is 1. The molecule has 6 heteroatoms. The molecule has 0 aliphatic heterocycles. The summed E-state index contributed by atoms with van der Waals surface area (Å²) in [6.07, 6.45) is 2.79. The number of anilines is 1. The average molecular weight is 267 g/mol. The van der Waals surface area contributed by atoms with Crippen molar-refractivity contribution in [3.05, 3.63) is 27.9 Å². The molecule has 0 spiro atoms. The van der Waals surface area contributed by atoms with E-state index in [4.69, 9.17) is 0 Å². The number of hydrogen-bond acceptors (Lipinski definition) is 5. The summed E-state index contributed by atoms with van der Waals surface area (Å²) in [6, 6.07) is 1.47. The molecule has 0 bridgehead atoms. The third kappa shape index (κ3) is 4.17. The van der Waals surface area contributed by atoms with E-state index >= 15 is 0 Å². The number of hydrogen-bond donors (Lipinski definition) is 2. The molecular weight excluding hydrogens is 246 g/mol. The maximum absolute atomic E-state index is 10.9. The Kier molecular flexibility index (Phi) is 5.69. The van der Waals surface area contributed by atoms with Gasteiger partial charge in [-0.2, -0.15) is 0 Å². The second-order valence-corrected chi connectivity index (χ2v) is 4.66. The molecule has 6 nitrogen and oxygen atoms in total. The standard InChI is InChI=1S/C13H21N3O3/c1-4-10(5-2)12(17)8-15-13-11(16(18)19)6-9(3)7-14-13/h6-7,10,12,17H,4-5,8H2,1-3H3,(H,14,15). The lowest BCUT2D eigenvalue weighted by Crippen LogP contribution is -2.28. The fourth-order valence-corrected chi connectivity index (χ4v) is 2.03. The van der Waals surface area contributed by atoms with Gasteiger partial charge in [-0.3, -0.25) is 10.1 Å². The van der Waals surface area contributed by atoms with Gasteiger partial charge in [0.2, 0.25) is 5.82 Å². The predicted octanol–water partition coefficient (Wildman–Crippen LogP) is 2.51. The molecule has 1 aromatic rings. The van der Waals surface area contributed by atoms with Crippen molar-refractivity contribution < 1.29 is 10.0 Å². The van der Waals surface area contributed by atoms with Gasteiger partial charge in [-0.05, 0) is 18.4 Å². The fourth-order valence-electron chi connectivity index (χ4n) is 2.03. The summed E-state index contributed by atoms with van der Waals surface area (Å²) in [7, 11) is 0. The summed E-state index contributed by atoms with van der Waals surface area (Å²) in [5.74, 6) is 0.401. The average Bonchev–Trinajstić information content (AvgIpc) is 2.38. The van der Waals surface area contributed by atoms with Crippen LogP contribution < -0.4 is 5.32 Å². The van der Waals surface area contributed by atoms with Gasteiger partial charge in [-0.25, -0.2) is 4.98 Å².